The first-order valence-corrected chi connectivity index (χ1v) is 8.72. The summed E-state index contributed by atoms with van der Waals surface area (Å²) in [6.45, 7) is 4.20. The second-order valence-corrected chi connectivity index (χ2v) is 6.96. The number of nitrogens with one attached hydrogen (secondary N) is 2. The average Bonchev–Trinajstić information content (AvgIpc) is 3.23. The lowest BCUT2D eigenvalue weighted by Gasteiger charge is -2.32. The molecule has 2 N–H and O–H groups in total. The van der Waals surface area contributed by atoms with Crippen LogP contribution in [0, 0.1) is 0 Å². The van der Waals surface area contributed by atoms with Crippen molar-refractivity contribution in [2.75, 3.05) is 25.9 Å². The van der Waals surface area contributed by atoms with Crippen LogP contribution in [0.3, 0.4) is 0 Å². The molecule has 0 spiro atoms. The van der Waals surface area contributed by atoms with Gasteiger partial charge in [0, 0.05) is 25.2 Å². The summed E-state index contributed by atoms with van der Waals surface area (Å²) in [7, 11) is 0. The maximum absolute atomic E-state index is 11.8. The number of likely N-dealkylation sites (tertiary alicyclic amines) is 1. The fourth-order valence-electron chi connectivity index (χ4n) is 2.37. The molecule has 2 aliphatic rings. The Hall–Kier alpha value is -0.750. The van der Waals surface area contributed by atoms with Crippen molar-refractivity contribution in [3.63, 3.8) is 0 Å². The average molecular weight is 299 g/mol. The Balaban J connectivity index is 1.64. The summed E-state index contributed by atoms with van der Waals surface area (Å²) in [4.78, 5) is 25.7. The van der Waals surface area contributed by atoms with Crippen molar-refractivity contribution in [3.05, 3.63) is 0 Å². The van der Waals surface area contributed by atoms with E-state index in [-0.39, 0.29) is 23.1 Å². The molecule has 1 saturated carbocycles. The van der Waals surface area contributed by atoms with Gasteiger partial charge in [0.25, 0.3) is 0 Å². The fraction of sp³-hybridized carbons (Fsp3) is 0.857. The highest BCUT2D eigenvalue weighted by Gasteiger charge is 2.26. The predicted molar refractivity (Wildman–Crippen MR) is 81.7 cm³/mol. The molecule has 1 aliphatic heterocycles. The second-order valence-electron chi connectivity index (χ2n) is 5.78. The molecule has 0 radical (unpaired) electrons. The Morgan fingerprint density at radius 1 is 1.15 bits per heavy atom. The summed E-state index contributed by atoms with van der Waals surface area (Å²) in [6.07, 6.45) is 6.08. The van der Waals surface area contributed by atoms with Gasteiger partial charge in [-0.2, -0.15) is 11.8 Å². The van der Waals surface area contributed by atoms with E-state index >= 15 is 0 Å². The van der Waals surface area contributed by atoms with Gasteiger partial charge in [-0.15, -0.1) is 0 Å². The molecule has 1 heterocycles. The van der Waals surface area contributed by atoms with Gasteiger partial charge in [-0.05, 0) is 38.9 Å². The molecule has 0 aromatic carbocycles. The number of hydrogen-bond acceptors (Lipinski definition) is 4. The monoisotopic (exact) mass is 299 g/mol. The van der Waals surface area contributed by atoms with Crippen LogP contribution in [0.2, 0.25) is 0 Å². The number of nitrogens with zero attached hydrogens (tertiary/aromatic N) is 1. The van der Waals surface area contributed by atoms with E-state index in [1.165, 1.54) is 0 Å². The summed E-state index contributed by atoms with van der Waals surface area (Å²) >= 11 is 1.57. The van der Waals surface area contributed by atoms with Gasteiger partial charge in [0.15, 0.2) is 0 Å². The van der Waals surface area contributed by atoms with Crippen LogP contribution >= 0.6 is 11.8 Å². The lowest BCUT2D eigenvalue weighted by atomic mass is 10.0. The van der Waals surface area contributed by atoms with Crippen molar-refractivity contribution in [2.45, 2.75) is 49.9 Å². The summed E-state index contributed by atoms with van der Waals surface area (Å²) < 4.78 is 0. The van der Waals surface area contributed by atoms with Gasteiger partial charge in [0.1, 0.15) is 0 Å². The van der Waals surface area contributed by atoms with E-state index in [9.17, 15) is 9.59 Å². The Kier molecular flexibility index (Phi) is 5.72. The van der Waals surface area contributed by atoms with Crippen molar-refractivity contribution in [2.24, 2.45) is 0 Å². The zero-order valence-electron chi connectivity index (χ0n) is 12.4. The molecule has 1 atom stereocenters. The highest BCUT2D eigenvalue weighted by atomic mass is 32.2. The number of amides is 2. The Morgan fingerprint density at radius 2 is 1.75 bits per heavy atom. The molecule has 0 aromatic heterocycles. The molecular weight excluding hydrogens is 274 g/mol. The van der Waals surface area contributed by atoms with Crippen LogP contribution in [-0.2, 0) is 9.59 Å². The molecule has 0 bridgehead atoms. The van der Waals surface area contributed by atoms with Crippen LogP contribution in [0.4, 0.5) is 0 Å². The third-order valence-corrected chi connectivity index (χ3v) is 4.89. The summed E-state index contributed by atoms with van der Waals surface area (Å²) in [5, 5.41) is 6.12. The lowest BCUT2D eigenvalue weighted by Crippen LogP contribution is -2.48. The summed E-state index contributed by atoms with van der Waals surface area (Å²) in [5.74, 6) is 0.272. The van der Waals surface area contributed by atoms with Gasteiger partial charge < -0.3 is 10.6 Å². The Labute approximate surface area is 125 Å². The number of rotatable bonds is 6. The fourth-order valence-corrected chi connectivity index (χ4v) is 2.65. The van der Waals surface area contributed by atoms with Crippen molar-refractivity contribution in [1.29, 1.82) is 0 Å². The van der Waals surface area contributed by atoms with E-state index in [4.69, 9.17) is 0 Å². The normalized spacial score (nSPS) is 22.3. The van der Waals surface area contributed by atoms with Gasteiger partial charge in [-0.25, -0.2) is 0 Å². The molecule has 2 rings (SSSR count). The zero-order chi connectivity index (χ0) is 14.5. The highest BCUT2D eigenvalue weighted by Crippen LogP contribution is 2.18. The van der Waals surface area contributed by atoms with E-state index in [2.05, 4.69) is 15.5 Å². The quantitative estimate of drug-likeness (QED) is 0.754. The van der Waals surface area contributed by atoms with E-state index in [0.29, 0.717) is 12.6 Å². The first kappa shape index (κ1) is 15.6. The Bertz CT molecular complexity index is 352. The molecule has 1 aliphatic carbocycles. The van der Waals surface area contributed by atoms with E-state index in [1.54, 1.807) is 11.8 Å². The van der Waals surface area contributed by atoms with Crippen LogP contribution in [0.1, 0.15) is 32.6 Å². The molecule has 0 aromatic rings. The Morgan fingerprint density at radius 3 is 2.30 bits per heavy atom. The van der Waals surface area contributed by atoms with E-state index in [1.807, 2.05) is 13.2 Å². The number of thioether (sulfide) groups is 1. The minimum Gasteiger partial charge on any atom is -0.352 e. The summed E-state index contributed by atoms with van der Waals surface area (Å²) in [5.41, 5.74) is 0. The third kappa shape index (κ3) is 4.98. The predicted octanol–water partition coefficient (Wildman–Crippen LogP) is 0.597. The largest absolute Gasteiger partial charge is 0.352 e. The van der Waals surface area contributed by atoms with Gasteiger partial charge in [0.2, 0.25) is 11.8 Å². The number of carbonyl (C=O) groups excluding carboxylic acids is 2. The van der Waals surface area contributed by atoms with Crippen LogP contribution in [0.25, 0.3) is 0 Å². The van der Waals surface area contributed by atoms with Crippen LogP contribution in [0.5, 0.6) is 0 Å². The third-order valence-electron chi connectivity index (χ3n) is 3.97. The van der Waals surface area contributed by atoms with E-state index in [0.717, 1.165) is 38.8 Å². The number of carbonyl (C=O) groups is 2. The molecule has 20 heavy (non-hydrogen) atoms. The highest BCUT2D eigenvalue weighted by molar-refractivity contribution is 7.99. The molecule has 5 nitrogen and oxygen atoms in total. The van der Waals surface area contributed by atoms with Gasteiger partial charge >= 0.3 is 0 Å². The van der Waals surface area contributed by atoms with Gasteiger partial charge in [-0.3, -0.25) is 14.5 Å². The standard InChI is InChI=1S/C14H25N3O2S/c1-10(20-2)14(19)16-12-5-7-17(8-6-12)9-13(18)15-11-3-4-11/h10-12H,3-9H2,1-2H3,(H,15,18)(H,16,19)/t10-/m1/s1. The smallest absolute Gasteiger partial charge is 0.234 e. The molecule has 0 unspecified atom stereocenters. The first-order valence-electron chi connectivity index (χ1n) is 7.43. The SMILES string of the molecule is CS[C@H](C)C(=O)NC1CCN(CC(=O)NC2CC2)CC1. The minimum absolute atomic E-state index is 0.0114. The topological polar surface area (TPSA) is 61.4 Å². The zero-order valence-corrected chi connectivity index (χ0v) is 13.2. The lowest BCUT2D eigenvalue weighted by molar-refractivity contribution is -0.124. The van der Waals surface area contributed by atoms with Crippen LogP contribution < -0.4 is 10.6 Å². The van der Waals surface area contributed by atoms with Crippen molar-refractivity contribution in [3.8, 4) is 0 Å². The van der Waals surface area contributed by atoms with Crippen LogP contribution in [-0.4, -0.2) is 59.9 Å². The summed E-state index contributed by atoms with van der Waals surface area (Å²) in [6, 6.07) is 0.701. The number of piperidine rings is 1. The van der Waals surface area contributed by atoms with Crippen molar-refractivity contribution in [1.82, 2.24) is 15.5 Å². The van der Waals surface area contributed by atoms with Gasteiger partial charge in [-0.1, -0.05) is 0 Å². The molecular formula is C14H25N3O2S. The molecule has 114 valence electrons. The first-order chi connectivity index (χ1) is 9.58. The molecule has 1 saturated heterocycles. The maximum atomic E-state index is 11.8. The molecule has 2 amide bonds. The van der Waals surface area contributed by atoms with Gasteiger partial charge in [0.05, 0.1) is 11.8 Å². The minimum atomic E-state index is 0.0114. The van der Waals surface area contributed by atoms with Crippen molar-refractivity contribution < 1.29 is 9.59 Å². The number of hydrogen-bond donors (Lipinski definition) is 2. The second kappa shape index (κ2) is 7.31. The molecule has 6 heteroatoms. The van der Waals surface area contributed by atoms with E-state index < -0.39 is 0 Å². The van der Waals surface area contributed by atoms with Crippen molar-refractivity contribution >= 4 is 23.6 Å². The van der Waals surface area contributed by atoms with Crippen LogP contribution in [0.15, 0.2) is 0 Å². The molecule has 2 fully saturated rings. The maximum Gasteiger partial charge on any atom is 0.234 e.